The highest BCUT2D eigenvalue weighted by atomic mass is 127. The summed E-state index contributed by atoms with van der Waals surface area (Å²) in [5, 5.41) is 0. The minimum atomic E-state index is -0.387. The van der Waals surface area contributed by atoms with Crippen LogP contribution in [0.25, 0.3) is 0 Å². The van der Waals surface area contributed by atoms with Crippen LogP contribution in [0.5, 0.6) is 5.75 Å². The first kappa shape index (κ1) is 13.0. The van der Waals surface area contributed by atoms with Crippen LogP contribution < -0.4 is 4.74 Å². The van der Waals surface area contributed by atoms with E-state index in [1.54, 1.807) is 25.1 Å². The van der Waals surface area contributed by atoms with E-state index < -0.39 is 0 Å². The van der Waals surface area contributed by atoms with Gasteiger partial charge in [0.2, 0.25) is 0 Å². The second-order valence-electron chi connectivity index (χ2n) is 2.96. The van der Waals surface area contributed by atoms with E-state index in [-0.39, 0.29) is 11.9 Å². The van der Waals surface area contributed by atoms with E-state index >= 15 is 0 Å². The van der Waals surface area contributed by atoms with Crippen LogP contribution in [-0.2, 0) is 9.53 Å². The van der Waals surface area contributed by atoms with Gasteiger partial charge >= 0.3 is 11.9 Å². The maximum Gasteiger partial charge on any atom is 0.338 e. The Morgan fingerprint density at radius 3 is 2.56 bits per heavy atom. The van der Waals surface area contributed by atoms with Crippen LogP contribution in [0.1, 0.15) is 24.2 Å². The average molecular weight is 334 g/mol. The van der Waals surface area contributed by atoms with Gasteiger partial charge < -0.3 is 9.47 Å². The Morgan fingerprint density at radius 2 is 2.06 bits per heavy atom. The molecule has 0 heterocycles. The third kappa shape index (κ3) is 3.48. The summed E-state index contributed by atoms with van der Waals surface area (Å²) in [5.41, 5.74) is 0.446. The first-order chi connectivity index (χ1) is 7.54. The molecule has 16 heavy (non-hydrogen) atoms. The number of hydrogen-bond donors (Lipinski definition) is 0. The molecule has 5 heteroatoms. The molecule has 4 nitrogen and oxygen atoms in total. The summed E-state index contributed by atoms with van der Waals surface area (Å²) in [6.07, 6.45) is 0. The molecular formula is C11H11IO4. The quantitative estimate of drug-likeness (QED) is 0.484. The molecule has 0 unspecified atom stereocenters. The van der Waals surface area contributed by atoms with Crippen LogP contribution in [0.15, 0.2) is 18.2 Å². The summed E-state index contributed by atoms with van der Waals surface area (Å²) in [7, 11) is 0. The highest BCUT2D eigenvalue weighted by Crippen LogP contribution is 2.22. The number of carbonyl (C=O) groups is 2. The molecule has 0 saturated carbocycles. The first-order valence-electron chi connectivity index (χ1n) is 4.69. The Morgan fingerprint density at radius 1 is 1.38 bits per heavy atom. The average Bonchev–Trinajstić information content (AvgIpc) is 2.20. The normalized spacial score (nSPS) is 9.69. The molecule has 0 amide bonds. The molecule has 0 radical (unpaired) electrons. The van der Waals surface area contributed by atoms with E-state index in [1.807, 2.05) is 22.6 Å². The van der Waals surface area contributed by atoms with Crippen LogP contribution in [0, 0.1) is 3.57 Å². The van der Waals surface area contributed by atoms with Crippen molar-refractivity contribution in [1.29, 1.82) is 0 Å². The number of rotatable bonds is 3. The molecule has 0 saturated heterocycles. The Bertz CT molecular complexity index is 414. The number of benzene rings is 1. The lowest BCUT2D eigenvalue weighted by Crippen LogP contribution is -2.07. The molecule has 0 aliphatic carbocycles. The Labute approximate surface area is 107 Å². The van der Waals surface area contributed by atoms with E-state index in [0.29, 0.717) is 21.5 Å². The summed E-state index contributed by atoms with van der Waals surface area (Å²) in [6.45, 7) is 3.41. The lowest BCUT2D eigenvalue weighted by molar-refractivity contribution is -0.131. The largest absolute Gasteiger partial charge is 0.462 e. The van der Waals surface area contributed by atoms with E-state index in [0.717, 1.165) is 0 Å². The summed E-state index contributed by atoms with van der Waals surface area (Å²) < 4.78 is 10.5. The minimum absolute atomic E-state index is 0.334. The third-order valence-corrected chi connectivity index (χ3v) is 2.54. The van der Waals surface area contributed by atoms with Crippen LogP contribution >= 0.6 is 22.6 Å². The van der Waals surface area contributed by atoms with Crippen molar-refractivity contribution in [1.82, 2.24) is 0 Å². The maximum absolute atomic E-state index is 11.4. The topological polar surface area (TPSA) is 52.6 Å². The fraction of sp³-hybridized carbons (Fsp3) is 0.273. The van der Waals surface area contributed by atoms with Crippen molar-refractivity contribution in [2.45, 2.75) is 13.8 Å². The summed E-state index contributed by atoms with van der Waals surface area (Å²) in [6, 6.07) is 4.77. The van der Waals surface area contributed by atoms with Gasteiger partial charge in [0, 0.05) is 6.92 Å². The lowest BCUT2D eigenvalue weighted by Gasteiger charge is -2.06. The summed E-state index contributed by atoms with van der Waals surface area (Å²) >= 11 is 2.00. The van der Waals surface area contributed by atoms with Crippen LogP contribution in [-0.4, -0.2) is 18.5 Å². The summed E-state index contributed by atoms with van der Waals surface area (Å²) in [4.78, 5) is 22.2. The van der Waals surface area contributed by atoms with E-state index in [1.165, 1.54) is 6.92 Å². The van der Waals surface area contributed by atoms with Crippen molar-refractivity contribution < 1.29 is 19.1 Å². The van der Waals surface area contributed by atoms with Gasteiger partial charge in [-0.1, -0.05) is 0 Å². The van der Waals surface area contributed by atoms with E-state index in [2.05, 4.69) is 0 Å². The molecule has 0 aromatic heterocycles. The Balaban J connectivity index is 2.90. The number of carbonyl (C=O) groups excluding carboxylic acids is 2. The molecule has 86 valence electrons. The zero-order valence-corrected chi connectivity index (χ0v) is 11.1. The monoisotopic (exact) mass is 334 g/mol. The number of halogens is 1. The maximum atomic E-state index is 11.4. The highest BCUT2D eigenvalue weighted by molar-refractivity contribution is 14.1. The zero-order chi connectivity index (χ0) is 12.1. The summed E-state index contributed by atoms with van der Waals surface area (Å²) in [5.74, 6) is -0.322. The van der Waals surface area contributed by atoms with Crippen LogP contribution in [0.3, 0.4) is 0 Å². The molecule has 0 aliphatic heterocycles. The fourth-order valence-corrected chi connectivity index (χ4v) is 1.71. The van der Waals surface area contributed by atoms with Gasteiger partial charge in [-0.25, -0.2) is 4.79 Å². The third-order valence-electron chi connectivity index (χ3n) is 1.70. The van der Waals surface area contributed by atoms with Crippen LogP contribution in [0.4, 0.5) is 0 Å². The molecule has 0 atom stereocenters. The van der Waals surface area contributed by atoms with Crippen molar-refractivity contribution in [3.8, 4) is 5.75 Å². The molecule has 0 spiro atoms. The number of hydrogen-bond acceptors (Lipinski definition) is 4. The Hall–Kier alpha value is -1.11. The van der Waals surface area contributed by atoms with Gasteiger partial charge in [0.25, 0.3) is 0 Å². The zero-order valence-electron chi connectivity index (χ0n) is 8.95. The molecule has 1 rings (SSSR count). The van der Waals surface area contributed by atoms with Gasteiger partial charge in [-0.15, -0.1) is 0 Å². The SMILES string of the molecule is CCOC(=O)c1ccc(OC(C)=O)c(I)c1. The van der Waals surface area contributed by atoms with Crippen LogP contribution in [0.2, 0.25) is 0 Å². The minimum Gasteiger partial charge on any atom is -0.462 e. The molecule has 0 N–H and O–H groups in total. The van der Waals surface area contributed by atoms with Crippen molar-refractivity contribution in [3.63, 3.8) is 0 Å². The van der Waals surface area contributed by atoms with Gasteiger partial charge in [0.15, 0.2) is 0 Å². The molecule has 1 aromatic carbocycles. The predicted octanol–water partition coefficient (Wildman–Crippen LogP) is 2.39. The van der Waals surface area contributed by atoms with Crippen molar-refractivity contribution in [3.05, 3.63) is 27.3 Å². The predicted molar refractivity (Wildman–Crippen MR) is 66.4 cm³/mol. The standard InChI is InChI=1S/C11H11IO4/c1-3-15-11(14)8-4-5-10(9(12)6-8)16-7(2)13/h4-6H,3H2,1-2H3. The molecule has 0 fully saturated rings. The lowest BCUT2D eigenvalue weighted by atomic mass is 10.2. The molecule has 0 aliphatic rings. The smallest absolute Gasteiger partial charge is 0.338 e. The first-order valence-corrected chi connectivity index (χ1v) is 5.77. The number of ether oxygens (including phenoxy) is 2. The second kappa shape index (κ2) is 5.83. The highest BCUT2D eigenvalue weighted by Gasteiger charge is 2.10. The van der Waals surface area contributed by atoms with Crippen molar-refractivity contribution >= 4 is 34.5 Å². The van der Waals surface area contributed by atoms with Gasteiger partial charge in [-0.2, -0.15) is 0 Å². The second-order valence-corrected chi connectivity index (χ2v) is 4.12. The van der Waals surface area contributed by atoms with Crippen molar-refractivity contribution in [2.24, 2.45) is 0 Å². The van der Waals surface area contributed by atoms with Gasteiger partial charge in [0.05, 0.1) is 15.7 Å². The fourth-order valence-electron chi connectivity index (χ4n) is 1.08. The Kier molecular flexibility index (Phi) is 4.72. The van der Waals surface area contributed by atoms with Crippen molar-refractivity contribution in [2.75, 3.05) is 6.61 Å². The van der Waals surface area contributed by atoms with Gasteiger partial charge in [-0.05, 0) is 47.7 Å². The van der Waals surface area contributed by atoms with E-state index in [9.17, 15) is 9.59 Å². The molecule has 0 bridgehead atoms. The van der Waals surface area contributed by atoms with E-state index in [4.69, 9.17) is 9.47 Å². The molecular weight excluding hydrogens is 323 g/mol. The molecule has 1 aromatic rings. The van der Waals surface area contributed by atoms with Gasteiger partial charge in [-0.3, -0.25) is 4.79 Å². The number of esters is 2. The van der Waals surface area contributed by atoms with Gasteiger partial charge in [0.1, 0.15) is 5.75 Å².